The molecule has 4 rings (SSSR count). The van der Waals surface area contributed by atoms with Crippen LogP contribution in [-0.4, -0.2) is 26.9 Å². The first kappa shape index (κ1) is 22.1. The van der Waals surface area contributed by atoms with E-state index in [9.17, 15) is 13.2 Å². The molecule has 0 unspecified atom stereocenters. The summed E-state index contributed by atoms with van der Waals surface area (Å²) in [5, 5.41) is 0. The van der Waals surface area contributed by atoms with Crippen molar-refractivity contribution in [3.8, 4) is 0 Å². The van der Waals surface area contributed by atoms with Crippen LogP contribution in [0.1, 0.15) is 29.2 Å². The Morgan fingerprint density at radius 2 is 1.62 bits per heavy atom. The maximum absolute atomic E-state index is 13.7. The van der Waals surface area contributed by atoms with Gasteiger partial charge in [0.2, 0.25) is 5.91 Å². The van der Waals surface area contributed by atoms with Crippen LogP contribution in [0, 0.1) is 20.8 Å². The van der Waals surface area contributed by atoms with Gasteiger partial charge in [0.15, 0.2) is 0 Å². The number of sulfonamides is 1. The van der Waals surface area contributed by atoms with Crippen molar-refractivity contribution in [2.24, 2.45) is 0 Å². The van der Waals surface area contributed by atoms with Crippen LogP contribution in [0.15, 0.2) is 71.6 Å². The van der Waals surface area contributed by atoms with Gasteiger partial charge in [-0.25, -0.2) is 8.42 Å². The highest BCUT2D eigenvalue weighted by Crippen LogP contribution is 2.33. The van der Waals surface area contributed by atoms with Gasteiger partial charge in [-0.3, -0.25) is 9.10 Å². The molecule has 6 heteroatoms. The third-order valence-electron chi connectivity index (χ3n) is 5.98. The summed E-state index contributed by atoms with van der Waals surface area (Å²) in [5.74, 6) is -0.238. The van der Waals surface area contributed by atoms with Gasteiger partial charge in [0.25, 0.3) is 10.0 Å². The minimum Gasteiger partial charge on any atom is -0.307 e. The van der Waals surface area contributed by atoms with Crippen LogP contribution in [0.4, 0.5) is 11.4 Å². The molecule has 0 fully saturated rings. The highest BCUT2D eigenvalue weighted by atomic mass is 32.2. The van der Waals surface area contributed by atoms with Crippen molar-refractivity contribution in [1.82, 2.24) is 0 Å². The number of hydrogen-bond acceptors (Lipinski definition) is 3. The number of para-hydroxylation sites is 1. The van der Waals surface area contributed by atoms with Gasteiger partial charge in [-0.2, -0.15) is 0 Å². The molecule has 5 nitrogen and oxygen atoms in total. The average Bonchev–Trinajstić information content (AvgIpc) is 3.08. The molecule has 0 spiro atoms. The van der Waals surface area contributed by atoms with E-state index >= 15 is 0 Å². The smallest absolute Gasteiger partial charge is 0.264 e. The number of aryl methyl sites for hydroxylation is 3. The largest absolute Gasteiger partial charge is 0.307 e. The fraction of sp³-hybridized carbons (Fsp3) is 0.269. The number of benzene rings is 3. The van der Waals surface area contributed by atoms with Crippen LogP contribution in [-0.2, 0) is 21.2 Å². The van der Waals surface area contributed by atoms with Gasteiger partial charge >= 0.3 is 0 Å². The average molecular weight is 449 g/mol. The van der Waals surface area contributed by atoms with E-state index in [-0.39, 0.29) is 23.4 Å². The first-order valence-electron chi connectivity index (χ1n) is 10.7. The van der Waals surface area contributed by atoms with E-state index in [1.807, 2.05) is 64.1 Å². The molecule has 0 aromatic heterocycles. The van der Waals surface area contributed by atoms with Gasteiger partial charge in [0, 0.05) is 11.7 Å². The van der Waals surface area contributed by atoms with Gasteiger partial charge in [-0.05, 0) is 69.5 Å². The molecule has 1 atom stereocenters. The van der Waals surface area contributed by atoms with Gasteiger partial charge in [0.1, 0.15) is 6.54 Å². The van der Waals surface area contributed by atoms with Crippen LogP contribution >= 0.6 is 0 Å². The van der Waals surface area contributed by atoms with Gasteiger partial charge < -0.3 is 4.90 Å². The summed E-state index contributed by atoms with van der Waals surface area (Å²) in [7, 11) is -3.94. The third-order valence-corrected chi connectivity index (χ3v) is 7.76. The minimum absolute atomic E-state index is 0.0251. The second-order valence-electron chi connectivity index (χ2n) is 8.56. The Kier molecular flexibility index (Phi) is 5.82. The van der Waals surface area contributed by atoms with Crippen molar-refractivity contribution >= 4 is 27.3 Å². The van der Waals surface area contributed by atoms with Gasteiger partial charge in [0.05, 0.1) is 10.6 Å². The molecule has 1 amide bonds. The molecule has 0 saturated carbocycles. The van der Waals surface area contributed by atoms with Gasteiger partial charge in [-0.1, -0.05) is 53.6 Å². The molecule has 0 saturated heterocycles. The molecule has 3 aromatic carbocycles. The van der Waals surface area contributed by atoms with Crippen molar-refractivity contribution in [1.29, 1.82) is 0 Å². The van der Waals surface area contributed by atoms with E-state index in [4.69, 9.17) is 0 Å². The third kappa shape index (κ3) is 4.02. The number of anilines is 2. The van der Waals surface area contributed by atoms with Crippen LogP contribution in [0.5, 0.6) is 0 Å². The molecule has 0 bridgehead atoms. The molecular formula is C26H28N2O3S. The van der Waals surface area contributed by atoms with Crippen molar-refractivity contribution in [3.05, 3.63) is 89.0 Å². The van der Waals surface area contributed by atoms with Crippen LogP contribution < -0.4 is 9.21 Å². The second-order valence-corrected chi connectivity index (χ2v) is 10.4. The van der Waals surface area contributed by atoms with E-state index in [0.29, 0.717) is 5.69 Å². The normalized spacial score (nSPS) is 15.5. The standard InChI is InChI=1S/C26H28N2O3S/c1-18-9-12-23(13-10-18)32(30,31)27(24-14-11-19(2)15-20(24)3)17-26(29)28-21(4)16-22-7-5-6-8-25(22)28/h5-15,21H,16-17H2,1-4H3/t21-/m0/s1. The molecule has 0 radical (unpaired) electrons. The SMILES string of the molecule is Cc1ccc(S(=O)(=O)N(CC(=O)N2c3ccccc3C[C@@H]2C)c2ccc(C)cc2C)cc1. The molecule has 0 N–H and O–H groups in total. The number of carbonyl (C=O) groups is 1. The summed E-state index contributed by atoms with van der Waals surface area (Å²) in [4.78, 5) is 15.4. The van der Waals surface area contributed by atoms with Gasteiger partial charge in [-0.15, -0.1) is 0 Å². The minimum atomic E-state index is -3.94. The Labute approximate surface area is 190 Å². The Hall–Kier alpha value is -3.12. The molecule has 1 aliphatic heterocycles. The molecule has 32 heavy (non-hydrogen) atoms. The Morgan fingerprint density at radius 3 is 2.31 bits per heavy atom. The Balaban J connectivity index is 1.76. The lowest BCUT2D eigenvalue weighted by Gasteiger charge is -2.30. The van der Waals surface area contributed by atoms with Crippen LogP contribution in [0.3, 0.4) is 0 Å². The summed E-state index contributed by atoms with van der Waals surface area (Å²) in [6.45, 7) is 7.47. The fourth-order valence-electron chi connectivity index (χ4n) is 4.37. The zero-order valence-electron chi connectivity index (χ0n) is 18.9. The maximum Gasteiger partial charge on any atom is 0.264 e. The first-order chi connectivity index (χ1) is 15.2. The number of amides is 1. The predicted octanol–water partition coefficient (Wildman–Crippen LogP) is 4.78. The monoisotopic (exact) mass is 448 g/mol. The van der Waals surface area contributed by atoms with Crippen molar-refractivity contribution < 1.29 is 13.2 Å². The molecular weight excluding hydrogens is 420 g/mol. The van der Waals surface area contributed by atoms with E-state index in [0.717, 1.165) is 34.4 Å². The maximum atomic E-state index is 13.7. The van der Waals surface area contributed by atoms with E-state index in [1.165, 1.54) is 4.31 Å². The number of carbonyl (C=O) groups excluding carboxylic acids is 1. The zero-order valence-corrected chi connectivity index (χ0v) is 19.7. The lowest BCUT2D eigenvalue weighted by molar-refractivity contribution is -0.117. The van der Waals surface area contributed by atoms with Crippen molar-refractivity contribution in [2.45, 2.75) is 45.1 Å². The summed E-state index contributed by atoms with van der Waals surface area (Å²) in [6.07, 6.45) is 0.760. The number of nitrogens with zero attached hydrogens (tertiary/aromatic N) is 2. The topological polar surface area (TPSA) is 57.7 Å². The van der Waals surface area contributed by atoms with E-state index in [2.05, 4.69) is 0 Å². The number of rotatable bonds is 5. The van der Waals surface area contributed by atoms with E-state index < -0.39 is 10.0 Å². The predicted molar refractivity (Wildman–Crippen MR) is 129 cm³/mol. The molecule has 166 valence electrons. The highest BCUT2D eigenvalue weighted by Gasteiger charge is 2.35. The number of fused-ring (bicyclic) bond motifs is 1. The van der Waals surface area contributed by atoms with E-state index in [1.54, 1.807) is 35.2 Å². The molecule has 3 aromatic rings. The second kappa shape index (κ2) is 8.43. The molecule has 1 aliphatic rings. The molecule has 1 heterocycles. The fourth-order valence-corrected chi connectivity index (χ4v) is 5.85. The number of hydrogen-bond donors (Lipinski definition) is 0. The Bertz CT molecular complexity index is 1270. The lowest BCUT2D eigenvalue weighted by atomic mass is 10.1. The lowest BCUT2D eigenvalue weighted by Crippen LogP contribution is -2.45. The molecule has 0 aliphatic carbocycles. The summed E-state index contributed by atoms with van der Waals surface area (Å²) in [6, 6.07) is 20.1. The highest BCUT2D eigenvalue weighted by molar-refractivity contribution is 7.92. The summed E-state index contributed by atoms with van der Waals surface area (Å²) in [5.41, 5.74) is 5.30. The van der Waals surface area contributed by atoms with Crippen molar-refractivity contribution in [2.75, 3.05) is 15.7 Å². The van der Waals surface area contributed by atoms with Crippen LogP contribution in [0.25, 0.3) is 0 Å². The Morgan fingerprint density at radius 1 is 0.969 bits per heavy atom. The summed E-state index contributed by atoms with van der Waals surface area (Å²) >= 11 is 0. The zero-order chi connectivity index (χ0) is 23.0. The summed E-state index contributed by atoms with van der Waals surface area (Å²) < 4.78 is 28.7. The quantitative estimate of drug-likeness (QED) is 0.564. The first-order valence-corrected chi connectivity index (χ1v) is 12.2. The van der Waals surface area contributed by atoms with Crippen LogP contribution in [0.2, 0.25) is 0 Å². The van der Waals surface area contributed by atoms with Crippen molar-refractivity contribution in [3.63, 3.8) is 0 Å².